The van der Waals surface area contributed by atoms with Gasteiger partial charge in [0.25, 0.3) is 0 Å². The Morgan fingerprint density at radius 2 is 0.455 bits per heavy atom. The Morgan fingerprint density at radius 1 is 0.152 bits per heavy atom. The zero-order chi connectivity index (χ0) is 98.8. The van der Waals surface area contributed by atoms with Crippen LogP contribution in [0.3, 0.4) is 0 Å². The molecule has 7 nitrogen and oxygen atoms in total. The second-order valence-electron chi connectivity index (χ2n) is 42.0. The van der Waals surface area contributed by atoms with Gasteiger partial charge in [-0.05, 0) is 288 Å². The summed E-state index contributed by atoms with van der Waals surface area (Å²) < 4.78 is 17.2. The van der Waals surface area contributed by atoms with Gasteiger partial charge in [0.15, 0.2) is 0 Å². The van der Waals surface area contributed by atoms with Crippen LogP contribution in [0.2, 0.25) is 0 Å². The number of para-hydroxylation sites is 8. The largest absolute Gasteiger partial charge is 0.338 e. The molecule has 20 aromatic carbocycles. The van der Waals surface area contributed by atoms with E-state index in [1.54, 1.807) is 0 Å². The van der Waals surface area contributed by atoms with Crippen LogP contribution in [-0.4, -0.2) is 32.0 Å². The summed E-state index contributed by atoms with van der Waals surface area (Å²) in [5, 5.41) is 27.1. The van der Waals surface area contributed by atoms with Crippen LogP contribution < -0.4 is 0 Å². The molecule has 3 aliphatic carbocycles. The van der Waals surface area contributed by atoms with Gasteiger partial charge in [0.05, 0.1) is 11.0 Å². The monoisotopic (exact) mass is 1880 g/mol. The van der Waals surface area contributed by atoms with Gasteiger partial charge in [-0.15, -0.1) is 0 Å². The molecular formula is C138H123N7. The molecule has 3 aliphatic rings. The summed E-state index contributed by atoms with van der Waals surface area (Å²) in [7, 11) is 0. The minimum Gasteiger partial charge on any atom is -0.338 e. The van der Waals surface area contributed by atoms with Crippen molar-refractivity contribution in [3.8, 4) is 33.4 Å². The van der Waals surface area contributed by atoms with Crippen molar-refractivity contribution >= 4 is 185 Å². The first-order chi connectivity index (χ1) is 70.8. The predicted molar refractivity (Wildman–Crippen MR) is 626 cm³/mol. The smallest absolute Gasteiger partial charge is 0.0573 e. The average Bonchev–Trinajstić information content (AvgIpc) is 1.56. The minimum atomic E-state index is 0.447. The maximum atomic E-state index is 2.52. The number of fused-ring (bicyclic) bond motifs is 37. The molecule has 7 aromatic heterocycles. The quantitative estimate of drug-likeness (QED) is 0.152. The lowest BCUT2D eigenvalue weighted by Gasteiger charge is -2.14. The Bertz CT molecular complexity index is 9660. The Morgan fingerprint density at radius 3 is 0.959 bits per heavy atom. The number of nitrogens with zero attached hydrogens (tertiary/aromatic N) is 7. The molecule has 0 atom stereocenters. The van der Waals surface area contributed by atoms with Crippen molar-refractivity contribution in [3.05, 3.63) is 446 Å². The summed E-state index contributed by atoms with van der Waals surface area (Å²) >= 11 is 0. The average molecular weight is 1880 g/mol. The zero-order valence-electron chi connectivity index (χ0n) is 85.6. The molecule has 0 amide bonds. The van der Waals surface area contributed by atoms with Gasteiger partial charge in [0, 0.05) is 196 Å². The third kappa shape index (κ3) is 15.4. The van der Waals surface area contributed by atoms with E-state index in [1.807, 2.05) is 0 Å². The van der Waals surface area contributed by atoms with Crippen LogP contribution in [0.5, 0.6) is 0 Å². The molecular weight excluding hydrogens is 1760 g/mol. The highest BCUT2D eigenvalue weighted by Gasteiger charge is 2.30. The maximum absolute atomic E-state index is 2.52. The van der Waals surface area contributed by atoms with Gasteiger partial charge in [0.2, 0.25) is 0 Å². The predicted octanol–water partition coefficient (Wildman–Crippen LogP) is 38.8. The zero-order valence-corrected chi connectivity index (χ0v) is 85.6. The van der Waals surface area contributed by atoms with Crippen molar-refractivity contribution in [2.24, 2.45) is 0 Å². The normalized spacial score (nSPS) is 12.4. The first-order valence-electron chi connectivity index (χ1n) is 52.4. The van der Waals surface area contributed by atoms with Gasteiger partial charge >= 0.3 is 0 Å². The summed E-state index contributed by atoms with van der Waals surface area (Å²) in [5.41, 5.74) is 36.2. The van der Waals surface area contributed by atoms with Crippen molar-refractivity contribution in [3.63, 3.8) is 0 Å². The van der Waals surface area contributed by atoms with E-state index in [4.69, 9.17) is 0 Å². The Labute approximate surface area is 848 Å². The number of aromatic nitrogens is 7. The van der Waals surface area contributed by atoms with E-state index in [9.17, 15) is 0 Å². The van der Waals surface area contributed by atoms with E-state index in [0.29, 0.717) is 42.3 Å². The van der Waals surface area contributed by atoms with Gasteiger partial charge in [-0.3, -0.25) is 0 Å². The Kier molecular flexibility index (Phi) is 23.5. The second kappa shape index (κ2) is 37.3. The topological polar surface area (TPSA) is 34.5 Å². The highest BCUT2D eigenvalue weighted by molar-refractivity contribution is 6.23. The summed E-state index contributed by atoms with van der Waals surface area (Å²) in [6.45, 7) is 31.6. The fourth-order valence-corrected chi connectivity index (χ4v) is 25.1. The number of benzene rings is 20. The van der Waals surface area contributed by atoms with E-state index in [1.165, 1.54) is 252 Å². The van der Waals surface area contributed by atoms with Crippen LogP contribution in [0, 0.1) is 0 Å². The molecule has 7 heterocycles. The second-order valence-corrected chi connectivity index (χ2v) is 42.0. The molecule has 7 heteroatoms. The van der Waals surface area contributed by atoms with Crippen LogP contribution >= 0.6 is 0 Å². The lowest BCUT2D eigenvalue weighted by Crippen LogP contribution is -2.01. The number of hydrogen-bond acceptors (Lipinski definition) is 0. The van der Waals surface area contributed by atoms with Crippen LogP contribution in [0.1, 0.15) is 173 Å². The fourth-order valence-electron chi connectivity index (χ4n) is 25.1. The lowest BCUT2D eigenvalue weighted by atomic mass is 9.99. The highest BCUT2D eigenvalue weighted by atomic mass is 15.0. The number of hydrogen-bond donors (Lipinski definition) is 0. The Balaban J connectivity index is 0.0000000911. The summed E-state index contributed by atoms with van der Waals surface area (Å²) in [4.78, 5) is 0. The van der Waals surface area contributed by atoms with Crippen molar-refractivity contribution in [1.29, 1.82) is 0 Å². The third-order valence-corrected chi connectivity index (χ3v) is 30.9. The molecule has 0 unspecified atom stereocenters. The van der Waals surface area contributed by atoms with Gasteiger partial charge in [-0.25, -0.2) is 0 Å². The Hall–Kier alpha value is -16.2. The van der Waals surface area contributed by atoms with Gasteiger partial charge in [-0.2, -0.15) is 0 Å². The van der Waals surface area contributed by atoms with Crippen LogP contribution in [-0.2, 0) is 19.3 Å². The molecule has 27 aromatic rings. The molecule has 0 bridgehead atoms. The minimum absolute atomic E-state index is 0.447. The van der Waals surface area contributed by atoms with Crippen LogP contribution in [0.4, 0.5) is 0 Å². The van der Waals surface area contributed by atoms with E-state index >= 15 is 0 Å². The molecule has 145 heavy (non-hydrogen) atoms. The summed E-state index contributed by atoms with van der Waals surface area (Å²) in [6.07, 6.45) is 3.16. The van der Waals surface area contributed by atoms with E-state index < -0.39 is 0 Å². The number of rotatable bonds is 7. The van der Waals surface area contributed by atoms with E-state index in [-0.39, 0.29) is 0 Å². The van der Waals surface area contributed by atoms with E-state index in [0.717, 1.165) is 19.3 Å². The highest BCUT2D eigenvalue weighted by Crippen LogP contribution is 2.50. The van der Waals surface area contributed by atoms with Crippen LogP contribution in [0.15, 0.2) is 413 Å². The van der Waals surface area contributed by atoms with Crippen LogP contribution in [0.25, 0.3) is 218 Å². The molecule has 0 saturated carbocycles. The van der Waals surface area contributed by atoms with E-state index in [2.05, 4.69) is 541 Å². The molecule has 30 rings (SSSR count). The van der Waals surface area contributed by atoms with Crippen molar-refractivity contribution in [2.75, 3.05) is 0 Å². The molecule has 0 radical (unpaired) electrons. The van der Waals surface area contributed by atoms with Gasteiger partial charge in [0.1, 0.15) is 0 Å². The summed E-state index contributed by atoms with van der Waals surface area (Å²) in [6, 6.07) is 153. The molecule has 0 spiro atoms. The molecule has 0 N–H and O–H groups in total. The van der Waals surface area contributed by atoms with Crippen molar-refractivity contribution < 1.29 is 0 Å². The first kappa shape index (κ1) is 91.3. The molecule has 0 saturated heterocycles. The summed E-state index contributed by atoms with van der Waals surface area (Å²) in [5.74, 6) is 0. The lowest BCUT2D eigenvalue weighted by molar-refractivity contribution is 0.641. The van der Waals surface area contributed by atoms with Gasteiger partial charge < -0.3 is 32.0 Å². The molecule has 710 valence electrons. The fraction of sp³-hybridized carbons (Fsp3) is 0.174. The third-order valence-electron chi connectivity index (χ3n) is 30.9. The molecule has 0 fully saturated rings. The van der Waals surface area contributed by atoms with Crippen molar-refractivity contribution in [2.45, 2.75) is 158 Å². The SMILES string of the molecule is CC(C)n1c2ccccc2c2c3c(ccc21)Cc1ccccc1-3.CC(C)n1c2ccccc2c2c3ccccc3ccc21.CC(C)n1c2ccccc2c2cc3c(cc21)Cc1ccccc1-3.CC(C)n1c2ccccc2c2cc3ccccc3cc21.CC(C)n1c2ccccc2c2ccc3c(c21)Cc1ccccc1-3.CC(C)n1c2ccccc2c2ccc3ccccc3c21.CC(C)n1c2ccccc2c2ccccc21. The van der Waals surface area contributed by atoms with Crippen molar-refractivity contribution in [1.82, 2.24) is 32.0 Å². The maximum Gasteiger partial charge on any atom is 0.0573 e. The standard InChI is InChI=1S/3C22H19N.3C19H17N.C15H15N/c1-14(2)23-21-10-6-5-9-18(21)20-13-19-16(12-22(20)23)11-15-7-3-4-8-17(15)19;1-14(2)23-19-10-6-5-9-18(19)22-20(23)12-11-16-13-15-7-3-4-8-17(15)21(16)22;1-14(2)23-21-10-6-5-9-18(21)19-12-11-17-16-8-4-3-7-15(16)13-20(17)22(19)23;1-13(2)20-18-10-6-5-9-16(18)17-11-14-7-3-4-8-15(14)12-19(17)20;1-13(2)20-18-10-6-5-9-16(18)17-12-11-14-7-3-4-8-15(14)19(17)20;1-13(2)20-17-10-6-5-9-16(17)19-15-8-4-3-7-14(15)11-12-18(19)20;1-11(2)16-14-9-5-3-7-12(14)13-8-4-6-10-15(13)16/h3-10,12-14H,11H2,1-2H3;2*3-12,14H,13H2,1-2H3;3*3-13H,1-2H3;3-11H,1-2H3. The first-order valence-corrected chi connectivity index (χ1v) is 52.4. The van der Waals surface area contributed by atoms with Gasteiger partial charge in [-0.1, -0.05) is 328 Å². The molecule has 0 aliphatic heterocycles.